The van der Waals surface area contributed by atoms with Gasteiger partial charge in [-0.1, -0.05) is 31.5 Å². The molecule has 1 aromatic carbocycles. The summed E-state index contributed by atoms with van der Waals surface area (Å²) in [5.41, 5.74) is 0.972. The van der Waals surface area contributed by atoms with Gasteiger partial charge in [-0.25, -0.2) is 18.7 Å². The Hall–Kier alpha value is -1.55. The molecule has 2 rings (SSSR count). The van der Waals surface area contributed by atoms with Crippen molar-refractivity contribution >= 4 is 11.6 Å². The number of halogens is 3. The highest BCUT2D eigenvalue weighted by molar-refractivity contribution is 6.30. The molecule has 0 spiro atoms. The van der Waals surface area contributed by atoms with Crippen molar-refractivity contribution in [3.63, 3.8) is 0 Å². The maximum absolute atomic E-state index is 13.9. The van der Waals surface area contributed by atoms with Crippen LogP contribution in [0.15, 0.2) is 18.2 Å². The summed E-state index contributed by atoms with van der Waals surface area (Å²) in [5, 5.41) is 0.261. The van der Waals surface area contributed by atoms with E-state index >= 15 is 0 Å². The number of aromatic nitrogens is 2. The molecular formula is C14H13ClF2N2. The highest BCUT2D eigenvalue weighted by Crippen LogP contribution is 2.30. The fourth-order valence-electron chi connectivity index (χ4n) is 1.71. The molecular weight excluding hydrogens is 270 g/mol. The zero-order valence-electron chi connectivity index (χ0n) is 10.8. The first kappa shape index (κ1) is 13.9. The predicted molar refractivity (Wildman–Crippen MR) is 71.2 cm³/mol. The Labute approximate surface area is 115 Å². The summed E-state index contributed by atoms with van der Waals surface area (Å²) in [7, 11) is 0. The quantitative estimate of drug-likeness (QED) is 0.758. The van der Waals surface area contributed by atoms with Gasteiger partial charge in [0.25, 0.3) is 0 Å². The van der Waals surface area contributed by atoms with E-state index in [9.17, 15) is 8.78 Å². The Morgan fingerprint density at radius 2 is 1.84 bits per heavy atom. The van der Waals surface area contributed by atoms with Crippen LogP contribution in [0.5, 0.6) is 0 Å². The smallest absolute Gasteiger partial charge is 0.168 e. The van der Waals surface area contributed by atoms with Gasteiger partial charge in [0.1, 0.15) is 11.0 Å². The predicted octanol–water partition coefficient (Wildman–Crippen LogP) is 4.51. The molecule has 0 saturated heterocycles. The van der Waals surface area contributed by atoms with Crippen LogP contribution in [0, 0.1) is 18.6 Å². The van der Waals surface area contributed by atoms with Gasteiger partial charge in [-0.15, -0.1) is 0 Å². The molecule has 1 heterocycles. The lowest BCUT2D eigenvalue weighted by atomic mass is 10.1. The van der Waals surface area contributed by atoms with E-state index in [1.165, 1.54) is 12.1 Å². The first-order valence-electron chi connectivity index (χ1n) is 5.90. The summed E-state index contributed by atoms with van der Waals surface area (Å²) in [6.45, 7) is 5.51. The van der Waals surface area contributed by atoms with Crippen LogP contribution in [-0.4, -0.2) is 9.97 Å². The molecule has 5 heteroatoms. The lowest BCUT2D eigenvalue weighted by molar-refractivity contribution is 0.510. The Morgan fingerprint density at radius 1 is 1.16 bits per heavy atom. The zero-order valence-corrected chi connectivity index (χ0v) is 11.6. The van der Waals surface area contributed by atoms with Crippen molar-refractivity contribution in [1.29, 1.82) is 0 Å². The number of benzene rings is 1. The fourth-order valence-corrected chi connectivity index (χ4v) is 1.89. The zero-order chi connectivity index (χ0) is 14.2. The van der Waals surface area contributed by atoms with Gasteiger partial charge in [0.05, 0.1) is 5.69 Å². The van der Waals surface area contributed by atoms with E-state index in [2.05, 4.69) is 9.97 Å². The SMILES string of the molecule is Cc1c(Cl)nc(C(C)C)nc1-c1cccc(F)c1F. The van der Waals surface area contributed by atoms with E-state index in [1.54, 1.807) is 6.92 Å². The van der Waals surface area contributed by atoms with Gasteiger partial charge in [0.2, 0.25) is 0 Å². The number of nitrogens with zero attached hydrogens (tertiary/aromatic N) is 2. The molecule has 0 fully saturated rings. The summed E-state index contributed by atoms with van der Waals surface area (Å²) in [6, 6.07) is 3.99. The third-order valence-corrected chi connectivity index (χ3v) is 3.19. The maximum Gasteiger partial charge on any atom is 0.168 e. The maximum atomic E-state index is 13.9. The standard InChI is InChI=1S/C14H13ClF2N2/c1-7(2)14-18-12(8(3)13(15)19-14)9-5-4-6-10(16)11(9)17/h4-7H,1-3H3. The van der Waals surface area contributed by atoms with Gasteiger partial charge in [-0.05, 0) is 19.1 Å². The summed E-state index contributed by atoms with van der Waals surface area (Å²) in [4.78, 5) is 8.45. The molecule has 2 aromatic rings. The summed E-state index contributed by atoms with van der Waals surface area (Å²) < 4.78 is 27.2. The molecule has 0 aliphatic heterocycles. The van der Waals surface area contributed by atoms with Crippen LogP contribution >= 0.6 is 11.6 Å². The van der Waals surface area contributed by atoms with Crippen molar-refractivity contribution in [3.05, 3.63) is 46.4 Å². The van der Waals surface area contributed by atoms with Crippen LogP contribution in [-0.2, 0) is 0 Å². The van der Waals surface area contributed by atoms with Gasteiger partial charge in [0.15, 0.2) is 11.6 Å². The normalized spacial score (nSPS) is 11.1. The first-order chi connectivity index (χ1) is 8.91. The number of rotatable bonds is 2. The minimum atomic E-state index is -0.921. The average Bonchev–Trinajstić information content (AvgIpc) is 2.36. The van der Waals surface area contributed by atoms with E-state index in [1.807, 2.05) is 13.8 Å². The lowest BCUT2D eigenvalue weighted by Crippen LogP contribution is -2.03. The highest BCUT2D eigenvalue weighted by Gasteiger charge is 2.17. The summed E-state index contributed by atoms with van der Waals surface area (Å²) >= 11 is 6.04. The van der Waals surface area contributed by atoms with E-state index in [4.69, 9.17) is 11.6 Å². The van der Waals surface area contributed by atoms with Gasteiger partial charge < -0.3 is 0 Å². The molecule has 0 amide bonds. The van der Waals surface area contributed by atoms with Crippen molar-refractivity contribution in [2.24, 2.45) is 0 Å². The second kappa shape index (κ2) is 5.21. The van der Waals surface area contributed by atoms with Crippen LogP contribution in [0.2, 0.25) is 5.15 Å². The number of hydrogen-bond donors (Lipinski definition) is 0. The van der Waals surface area contributed by atoms with Gasteiger partial charge in [0, 0.05) is 17.0 Å². The average molecular weight is 283 g/mol. The molecule has 0 radical (unpaired) electrons. The third kappa shape index (κ3) is 2.59. The van der Waals surface area contributed by atoms with Crippen molar-refractivity contribution < 1.29 is 8.78 Å². The molecule has 0 saturated carbocycles. The van der Waals surface area contributed by atoms with Crippen LogP contribution in [0.25, 0.3) is 11.3 Å². The largest absolute Gasteiger partial charge is 0.232 e. The molecule has 1 aromatic heterocycles. The minimum Gasteiger partial charge on any atom is -0.232 e. The summed E-state index contributed by atoms with van der Waals surface area (Å²) in [5.74, 6) is -1.27. The molecule has 19 heavy (non-hydrogen) atoms. The summed E-state index contributed by atoms with van der Waals surface area (Å²) in [6.07, 6.45) is 0. The molecule has 0 atom stereocenters. The third-order valence-electron chi connectivity index (χ3n) is 2.83. The van der Waals surface area contributed by atoms with Crippen molar-refractivity contribution in [2.75, 3.05) is 0 Å². The minimum absolute atomic E-state index is 0.0495. The van der Waals surface area contributed by atoms with Crippen molar-refractivity contribution in [2.45, 2.75) is 26.7 Å². The Balaban J connectivity index is 2.71. The second-order valence-electron chi connectivity index (χ2n) is 4.60. The topological polar surface area (TPSA) is 25.8 Å². The Bertz CT molecular complexity index is 627. The van der Waals surface area contributed by atoms with Crippen molar-refractivity contribution in [1.82, 2.24) is 9.97 Å². The van der Waals surface area contributed by atoms with Gasteiger partial charge in [-0.2, -0.15) is 0 Å². The van der Waals surface area contributed by atoms with Crippen LogP contribution < -0.4 is 0 Å². The first-order valence-corrected chi connectivity index (χ1v) is 6.28. The molecule has 0 N–H and O–H groups in total. The van der Waals surface area contributed by atoms with Crippen LogP contribution in [0.1, 0.15) is 31.2 Å². The molecule has 0 aliphatic rings. The van der Waals surface area contributed by atoms with Crippen molar-refractivity contribution in [3.8, 4) is 11.3 Å². The van der Waals surface area contributed by atoms with Gasteiger partial charge >= 0.3 is 0 Å². The van der Waals surface area contributed by atoms with Crippen LogP contribution in [0.4, 0.5) is 8.78 Å². The highest BCUT2D eigenvalue weighted by atomic mass is 35.5. The lowest BCUT2D eigenvalue weighted by Gasteiger charge is -2.12. The van der Waals surface area contributed by atoms with E-state index < -0.39 is 11.6 Å². The second-order valence-corrected chi connectivity index (χ2v) is 4.96. The number of hydrogen-bond acceptors (Lipinski definition) is 2. The van der Waals surface area contributed by atoms with E-state index in [0.29, 0.717) is 17.1 Å². The Kier molecular flexibility index (Phi) is 3.80. The van der Waals surface area contributed by atoms with Crippen LogP contribution in [0.3, 0.4) is 0 Å². The fraction of sp³-hybridized carbons (Fsp3) is 0.286. The van der Waals surface area contributed by atoms with E-state index in [-0.39, 0.29) is 16.6 Å². The molecule has 0 aliphatic carbocycles. The monoisotopic (exact) mass is 282 g/mol. The molecule has 100 valence electrons. The van der Waals surface area contributed by atoms with Gasteiger partial charge in [-0.3, -0.25) is 0 Å². The molecule has 2 nitrogen and oxygen atoms in total. The molecule has 0 unspecified atom stereocenters. The van der Waals surface area contributed by atoms with E-state index in [0.717, 1.165) is 6.07 Å². The molecule has 0 bridgehead atoms. The Morgan fingerprint density at radius 3 is 2.47 bits per heavy atom.